The van der Waals surface area contributed by atoms with Crippen LogP contribution in [0.25, 0.3) is 11.0 Å². The number of fused-ring (bicyclic) bond motifs is 1. The molecule has 0 unspecified atom stereocenters. The third-order valence-electron chi connectivity index (χ3n) is 5.54. The zero-order valence-corrected chi connectivity index (χ0v) is 23.0. The molecule has 0 saturated carbocycles. The smallest absolute Gasteiger partial charge is 1.00 e. The zero-order chi connectivity index (χ0) is 26.0. The van der Waals surface area contributed by atoms with Crippen LogP contribution in [-0.2, 0) is 16.1 Å². The van der Waals surface area contributed by atoms with Gasteiger partial charge in [-0.1, -0.05) is 54.6 Å². The van der Waals surface area contributed by atoms with Gasteiger partial charge < -0.3 is 31.6 Å². The fraction of sp³-hybridized carbons (Fsp3) is 0.179. The van der Waals surface area contributed by atoms with Gasteiger partial charge in [0.15, 0.2) is 5.76 Å². The Morgan fingerprint density at radius 3 is 2.47 bits per heavy atom. The molecular formula is C28H28N3NaO6. The van der Waals surface area contributed by atoms with Crippen LogP contribution < -0.4 is 45.5 Å². The third kappa shape index (κ3) is 8.37. The van der Waals surface area contributed by atoms with E-state index in [0.717, 1.165) is 10.9 Å². The number of furan rings is 1. The quantitative estimate of drug-likeness (QED) is 0.184. The van der Waals surface area contributed by atoms with Crippen LogP contribution in [0, 0.1) is 0 Å². The SMILES string of the molecule is O=C(NCCC[C@H](NC(=O)c1cc2ccccc2o1)C(=O)Nc1cccc(O)c1)OCc1ccccc1.[H-].[Na+]. The fourth-order valence-electron chi connectivity index (χ4n) is 3.68. The van der Waals surface area contributed by atoms with Crippen LogP contribution in [0.1, 0.15) is 30.4 Å². The molecule has 0 aliphatic carbocycles. The molecule has 192 valence electrons. The molecular weight excluding hydrogens is 497 g/mol. The summed E-state index contributed by atoms with van der Waals surface area (Å²) in [6.45, 7) is 0.388. The maximum Gasteiger partial charge on any atom is 1.00 e. The first-order valence-corrected chi connectivity index (χ1v) is 11.8. The summed E-state index contributed by atoms with van der Waals surface area (Å²) in [7, 11) is 0. The number of anilines is 1. The van der Waals surface area contributed by atoms with Gasteiger partial charge in [0, 0.05) is 23.7 Å². The summed E-state index contributed by atoms with van der Waals surface area (Å²) in [4.78, 5) is 37.9. The minimum absolute atomic E-state index is 0. The molecule has 0 bridgehead atoms. The number of phenolic OH excluding ortho intramolecular Hbond substituents is 1. The Kier molecular flexibility index (Phi) is 10.8. The Hall–Kier alpha value is -3.79. The summed E-state index contributed by atoms with van der Waals surface area (Å²) in [6, 6.07) is 23.3. The summed E-state index contributed by atoms with van der Waals surface area (Å²) in [5, 5.41) is 18.5. The first kappa shape index (κ1) is 28.8. The molecule has 0 spiro atoms. The number of carbonyl (C=O) groups is 3. The van der Waals surface area contributed by atoms with Crippen LogP contribution in [0.15, 0.2) is 89.3 Å². The number of amides is 3. The number of rotatable bonds is 10. The molecule has 0 saturated heterocycles. The largest absolute Gasteiger partial charge is 1.00 e. The molecule has 0 radical (unpaired) electrons. The first-order valence-electron chi connectivity index (χ1n) is 11.8. The summed E-state index contributed by atoms with van der Waals surface area (Å²) in [5.74, 6) is -0.929. The second-order valence-corrected chi connectivity index (χ2v) is 8.34. The average Bonchev–Trinajstić information content (AvgIpc) is 3.34. The number of hydrogen-bond donors (Lipinski definition) is 4. The molecule has 3 amide bonds. The van der Waals surface area contributed by atoms with Gasteiger partial charge in [0.25, 0.3) is 5.91 Å². The fourth-order valence-corrected chi connectivity index (χ4v) is 3.68. The van der Waals surface area contributed by atoms with Gasteiger partial charge in [-0.3, -0.25) is 9.59 Å². The molecule has 4 aromatic rings. The number of aromatic hydroxyl groups is 1. The number of carbonyl (C=O) groups excluding carboxylic acids is 3. The van der Waals surface area contributed by atoms with E-state index in [0.29, 0.717) is 17.7 Å². The molecule has 1 atom stereocenters. The topological polar surface area (TPSA) is 130 Å². The third-order valence-corrected chi connectivity index (χ3v) is 5.54. The van der Waals surface area contributed by atoms with Crippen LogP contribution in [0.2, 0.25) is 0 Å². The minimum atomic E-state index is -0.926. The van der Waals surface area contributed by atoms with Crippen LogP contribution in [0.3, 0.4) is 0 Å². The van der Waals surface area contributed by atoms with Gasteiger partial charge in [0.1, 0.15) is 24.0 Å². The van der Waals surface area contributed by atoms with Crippen molar-refractivity contribution < 1.29 is 59.6 Å². The molecule has 0 aliphatic rings. The number of para-hydroxylation sites is 1. The Balaban J connectivity index is 0.00000267. The molecule has 3 aromatic carbocycles. The van der Waals surface area contributed by atoms with Crippen molar-refractivity contribution in [3.8, 4) is 5.75 Å². The van der Waals surface area contributed by atoms with Crippen LogP contribution >= 0.6 is 0 Å². The summed E-state index contributed by atoms with van der Waals surface area (Å²) in [5.41, 5.74) is 1.82. The summed E-state index contributed by atoms with van der Waals surface area (Å²) < 4.78 is 10.8. The maximum atomic E-state index is 13.0. The van der Waals surface area contributed by atoms with E-state index in [1.54, 1.807) is 30.3 Å². The maximum absolute atomic E-state index is 13.0. The zero-order valence-electron chi connectivity index (χ0n) is 22.0. The Bertz CT molecular complexity index is 1350. The minimum Gasteiger partial charge on any atom is -1.00 e. The number of alkyl carbamates (subject to hydrolysis) is 1. The van der Waals surface area contributed by atoms with Crippen LogP contribution in [0.4, 0.5) is 10.5 Å². The Labute approximate surface area is 243 Å². The van der Waals surface area contributed by atoms with E-state index in [1.807, 2.05) is 42.5 Å². The van der Waals surface area contributed by atoms with E-state index in [9.17, 15) is 19.5 Å². The number of benzene rings is 3. The van der Waals surface area contributed by atoms with Crippen molar-refractivity contribution in [2.45, 2.75) is 25.5 Å². The van der Waals surface area contributed by atoms with E-state index < -0.39 is 23.9 Å². The van der Waals surface area contributed by atoms with Gasteiger partial charge in [-0.2, -0.15) is 0 Å². The molecule has 10 heteroatoms. The Morgan fingerprint density at radius 1 is 0.947 bits per heavy atom. The van der Waals surface area contributed by atoms with E-state index in [-0.39, 0.29) is 62.1 Å². The molecule has 38 heavy (non-hydrogen) atoms. The van der Waals surface area contributed by atoms with E-state index in [4.69, 9.17) is 9.15 Å². The van der Waals surface area contributed by atoms with Gasteiger partial charge in [0.2, 0.25) is 5.91 Å². The average molecular weight is 526 g/mol. The second kappa shape index (κ2) is 14.2. The predicted molar refractivity (Wildman–Crippen MR) is 139 cm³/mol. The van der Waals surface area contributed by atoms with Crippen molar-refractivity contribution >= 4 is 34.6 Å². The van der Waals surface area contributed by atoms with Gasteiger partial charge in [0.05, 0.1) is 0 Å². The van der Waals surface area contributed by atoms with E-state index >= 15 is 0 Å². The Morgan fingerprint density at radius 2 is 1.71 bits per heavy atom. The summed E-state index contributed by atoms with van der Waals surface area (Å²) in [6.07, 6.45) is 0.0464. The van der Waals surface area contributed by atoms with Crippen molar-refractivity contribution in [3.63, 3.8) is 0 Å². The molecule has 0 aliphatic heterocycles. The van der Waals surface area contributed by atoms with Crippen molar-refractivity contribution in [1.29, 1.82) is 0 Å². The van der Waals surface area contributed by atoms with Crippen LogP contribution in [-0.4, -0.2) is 35.6 Å². The first-order chi connectivity index (χ1) is 18.0. The van der Waals surface area contributed by atoms with Crippen molar-refractivity contribution in [1.82, 2.24) is 10.6 Å². The molecule has 4 rings (SSSR count). The molecule has 1 heterocycles. The number of hydrogen-bond acceptors (Lipinski definition) is 6. The van der Waals surface area contributed by atoms with Gasteiger partial charge in [-0.25, -0.2) is 4.79 Å². The van der Waals surface area contributed by atoms with Gasteiger partial charge in [-0.15, -0.1) is 0 Å². The number of nitrogens with one attached hydrogen (secondary N) is 3. The van der Waals surface area contributed by atoms with E-state index in [1.165, 1.54) is 12.1 Å². The van der Waals surface area contributed by atoms with E-state index in [2.05, 4.69) is 16.0 Å². The van der Waals surface area contributed by atoms with Gasteiger partial charge >= 0.3 is 35.7 Å². The normalized spacial score (nSPS) is 11.2. The molecule has 0 fully saturated rings. The summed E-state index contributed by atoms with van der Waals surface area (Å²) >= 11 is 0. The predicted octanol–water partition coefficient (Wildman–Crippen LogP) is 1.70. The van der Waals surface area contributed by atoms with Crippen LogP contribution in [0.5, 0.6) is 5.75 Å². The molecule has 4 N–H and O–H groups in total. The second-order valence-electron chi connectivity index (χ2n) is 8.34. The number of phenols is 1. The molecule has 1 aromatic heterocycles. The van der Waals surface area contributed by atoms with Crippen molar-refractivity contribution in [2.24, 2.45) is 0 Å². The van der Waals surface area contributed by atoms with Crippen molar-refractivity contribution in [2.75, 3.05) is 11.9 Å². The monoisotopic (exact) mass is 525 g/mol. The van der Waals surface area contributed by atoms with Gasteiger partial charge in [-0.05, 0) is 42.7 Å². The number of ether oxygens (including phenoxy) is 1. The molecule has 9 nitrogen and oxygen atoms in total. The van der Waals surface area contributed by atoms with Crippen molar-refractivity contribution in [3.05, 3.63) is 96.3 Å². The standard InChI is InChI=1S/C28H27N3O6.Na.H/c32-22-12-6-11-21(17-22)30-26(33)23(31-27(34)25-16-20-10-4-5-14-24(20)37-25)13-7-15-29-28(35)36-18-19-8-2-1-3-9-19;;/h1-6,8-12,14,16-17,23,32H,7,13,15,18H2,(H,29,35)(H,30,33)(H,31,34);;/q;+1;-1/t23-;;/m0../s1.